The molecule has 0 amide bonds. The summed E-state index contributed by atoms with van der Waals surface area (Å²) in [6.07, 6.45) is 6.70. The van der Waals surface area contributed by atoms with E-state index in [1.54, 1.807) is 17.5 Å². The van der Waals surface area contributed by atoms with Crippen LogP contribution in [0.2, 0.25) is 0 Å². The van der Waals surface area contributed by atoms with Gasteiger partial charge in [0.05, 0.1) is 42.0 Å². The monoisotopic (exact) mass is 462 g/mol. The van der Waals surface area contributed by atoms with Crippen molar-refractivity contribution in [3.63, 3.8) is 0 Å². The molecule has 0 radical (unpaired) electrons. The standard InChI is InChI=1S/C22H30N4O3S2/c1-13-19(26-12-18(22(2,3)4)30-21(26)24-13)14-10-17(20(29-5)23-11-14)31(28)25-15-6-8-16(27)9-7-15/h10-12,15-16,25,27H,6-9H2,1-5H3/t15-,16+,31?. The van der Waals surface area contributed by atoms with Gasteiger partial charge in [0, 0.05) is 28.9 Å². The fraction of sp³-hybridized carbons (Fsp3) is 0.545. The van der Waals surface area contributed by atoms with Crippen molar-refractivity contribution in [1.29, 1.82) is 0 Å². The third kappa shape index (κ3) is 4.61. The topological polar surface area (TPSA) is 94.7 Å². The largest absolute Gasteiger partial charge is 0.593 e. The minimum atomic E-state index is -1.47. The number of aromatic nitrogens is 3. The molecular weight excluding hydrogens is 432 g/mol. The number of aliphatic hydroxyl groups excluding tert-OH is 1. The molecule has 3 aromatic heterocycles. The Bertz CT molecular complexity index is 1060. The Kier molecular flexibility index (Phi) is 6.33. The highest BCUT2D eigenvalue weighted by molar-refractivity contribution is 7.89. The number of aryl methyl sites for hydroxylation is 1. The van der Waals surface area contributed by atoms with Crippen LogP contribution in [0.25, 0.3) is 16.2 Å². The molecule has 31 heavy (non-hydrogen) atoms. The zero-order valence-corrected chi connectivity index (χ0v) is 20.3. The van der Waals surface area contributed by atoms with E-state index in [0.717, 1.165) is 47.6 Å². The van der Waals surface area contributed by atoms with Crippen molar-refractivity contribution in [2.24, 2.45) is 0 Å². The maximum absolute atomic E-state index is 13.2. The van der Waals surface area contributed by atoms with E-state index in [4.69, 9.17) is 9.72 Å². The van der Waals surface area contributed by atoms with Crippen LogP contribution in [0.15, 0.2) is 23.4 Å². The van der Waals surface area contributed by atoms with Gasteiger partial charge >= 0.3 is 0 Å². The van der Waals surface area contributed by atoms with Gasteiger partial charge in [0.25, 0.3) is 5.88 Å². The van der Waals surface area contributed by atoms with Crippen molar-refractivity contribution in [1.82, 2.24) is 19.1 Å². The van der Waals surface area contributed by atoms with Gasteiger partial charge in [0.15, 0.2) is 4.96 Å². The van der Waals surface area contributed by atoms with Crippen LogP contribution in [0.1, 0.15) is 57.0 Å². The van der Waals surface area contributed by atoms with Crippen LogP contribution in [0.5, 0.6) is 5.88 Å². The van der Waals surface area contributed by atoms with Crippen LogP contribution < -0.4 is 9.46 Å². The molecule has 2 N–H and O–H groups in total. The predicted octanol–water partition coefficient (Wildman–Crippen LogP) is 3.99. The number of nitrogens with zero attached hydrogens (tertiary/aromatic N) is 3. The van der Waals surface area contributed by atoms with Crippen molar-refractivity contribution in [2.75, 3.05) is 7.11 Å². The molecule has 168 valence electrons. The number of hydrogen-bond donors (Lipinski definition) is 2. The van der Waals surface area contributed by atoms with Gasteiger partial charge in [-0.15, -0.1) is 16.1 Å². The molecule has 1 atom stereocenters. The fourth-order valence-corrected chi connectivity index (χ4v) is 6.18. The Morgan fingerprint density at radius 2 is 2.00 bits per heavy atom. The summed E-state index contributed by atoms with van der Waals surface area (Å²) in [5.74, 6) is 0.351. The zero-order chi connectivity index (χ0) is 22.3. The summed E-state index contributed by atoms with van der Waals surface area (Å²) in [4.78, 5) is 11.9. The Morgan fingerprint density at radius 1 is 1.29 bits per heavy atom. The van der Waals surface area contributed by atoms with E-state index < -0.39 is 11.4 Å². The molecular formula is C22H30N4O3S2. The second kappa shape index (κ2) is 8.71. The van der Waals surface area contributed by atoms with Crippen LogP contribution >= 0.6 is 11.3 Å². The number of pyridine rings is 1. The van der Waals surface area contributed by atoms with Crippen LogP contribution in [0, 0.1) is 6.92 Å². The third-order valence-corrected chi connectivity index (χ3v) is 8.34. The highest BCUT2D eigenvalue weighted by atomic mass is 32.2. The second-order valence-electron chi connectivity index (χ2n) is 9.17. The first-order chi connectivity index (χ1) is 14.7. The van der Waals surface area contributed by atoms with Gasteiger partial charge in [-0.05, 0) is 38.0 Å². The Labute approximate surface area is 190 Å². The lowest BCUT2D eigenvalue weighted by Crippen LogP contribution is -2.38. The average Bonchev–Trinajstić information content (AvgIpc) is 3.26. The number of aliphatic hydroxyl groups is 1. The molecule has 0 aromatic carbocycles. The van der Waals surface area contributed by atoms with Crippen molar-refractivity contribution in [3.8, 4) is 17.1 Å². The fourth-order valence-electron chi connectivity index (χ4n) is 3.90. The lowest BCUT2D eigenvalue weighted by atomic mass is 9.94. The van der Waals surface area contributed by atoms with Crippen LogP contribution in [0.3, 0.4) is 0 Å². The van der Waals surface area contributed by atoms with Gasteiger partial charge in [0.2, 0.25) is 4.90 Å². The Balaban J connectivity index is 1.69. The molecule has 1 unspecified atom stereocenters. The summed E-state index contributed by atoms with van der Waals surface area (Å²) >= 11 is 0.219. The summed E-state index contributed by atoms with van der Waals surface area (Å²) in [5, 5.41) is 9.73. The summed E-state index contributed by atoms with van der Waals surface area (Å²) < 4.78 is 23.9. The number of fused-ring (bicyclic) bond motifs is 1. The number of methoxy groups -OCH3 is 1. The van der Waals surface area contributed by atoms with E-state index in [1.165, 1.54) is 12.0 Å². The van der Waals surface area contributed by atoms with Gasteiger partial charge < -0.3 is 14.4 Å². The molecule has 1 aliphatic carbocycles. The van der Waals surface area contributed by atoms with Gasteiger partial charge in [-0.25, -0.2) is 9.97 Å². The van der Waals surface area contributed by atoms with E-state index in [-0.39, 0.29) is 17.6 Å². The Hall–Kier alpha value is -1.65. The molecule has 4 rings (SSSR count). The quantitative estimate of drug-likeness (QED) is 0.557. The lowest BCUT2D eigenvalue weighted by Gasteiger charge is -2.26. The summed E-state index contributed by atoms with van der Waals surface area (Å²) in [7, 11) is 1.54. The van der Waals surface area contributed by atoms with Crippen LogP contribution in [-0.2, 0) is 16.8 Å². The van der Waals surface area contributed by atoms with Gasteiger partial charge in [0.1, 0.15) is 0 Å². The van der Waals surface area contributed by atoms with E-state index in [9.17, 15) is 9.66 Å². The molecule has 3 heterocycles. The SMILES string of the molecule is COc1ncc(-c2c(C)nc3sc(C(C)(C)C)cn23)cc1[S+]([O-])N[C@H]1CC[C@@H](O)CC1. The first-order valence-electron chi connectivity index (χ1n) is 10.6. The molecule has 0 aliphatic heterocycles. The van der Waals surface area contributed by atoms with E-state index in [0.29, 0.717) is 10.8 Å². The summed E-state index contributed by atoms with van der Waals surface area (Å²) in [6.45, 7) is 8.56. The maximum atomic E-state index is 13.2. The molecule has 3 aromatic rings. The lowest BCUT2D eigenvalue weighted by molar-refractivity contribution is 0.120. The molecule has 0 saturated heterocycles. The van der Waals surface area contributed by atoms with Crippen molar-refractivity contribution < 1.29 is 14.4 Å². The molecule has 7 nitrogen and oxygen atoms in total. The molecule has 1 aliphatic rings. The smallest absolute Gasteiger partial charge is 0.272 e. The molecule has 1 saturated carbocycles. The summed E-state index contributed by atoms with van der Waals surface area (Å²) in [6, 6.07) is 1.99. The van der Waals surface area contributed by atoms with Gasteiger partial charge in [-0.1, -0.05) is 20.8 Å². The normalized spacial score (nSPS) is 20.9. The second-order valence-corrected chi connectivity index (χ2v) is 11.4. The molecule has 1 fully saturated rings. The minimum Gasteiger partial charge on any atom is -0.593 e. The Morgan fingerprint density at radius 3 is 2.65 bits per heavy atom. The van der Waals surface area contributed by atoms with Crippen molar-refractivity contribution in [3.05, 3.63) is 29.0 Å². The highest BCUT2D eigenvalue weighted by Crippen LogP contribution is 2.36. The molecule has 9 heteroatoms. The first-order valence-corrected chi connectivity index (χ1v) is 12.5. The number of rotatable bonds is 5. The first kappa shape index (κ1) is 22.5. The molecule has 0 bridgehead atoms. The van der Waals surface area contributed by atoms with Gasteiger partial charge in [-0.2, -0.15) is 0 Å². The van der Waals surface area contributed by atoms with Crippen molar-refractivity contribution >= 4 is 27.7 Å². The number of imidazole rings is 1. The maximum Gasteiger partial charge on any atom is 0.272 e. The van der Waals surface area contributed by atoms with Crippen LogP contribution in [-0.4, -0.2) is 43.3 Å². The number of hydrogen-bond acceptors (Lipinski definition) is 7. The average molecular weight is 463 g/mol. The van der Waals surface area contributed by atoms with Crippen LogP contribution in [0.4, 0.5) is 0 Å². The van der Waals surface area contributed by atoms with E-state index in [1.807, 2.05) is 13.0 Å². The predicted molar refractivity (Wildman–Crippen MR) is 124 cm³/mol. The number of thiazole rings is 1. The number of nitrogens with one attached hydrogen (secondary N) is 1. The zero-order valence-electron chi connectivity index (χ0n) is 18.6. The summed E-state index contributed by atoms with van der Waals surface area (Å²) in [5.41, 5.74) is 2.76. The van der Waals surface area contributed by atoms with E-state index >= 15 is 0 Å². The van der Waals surface area contributed by atoms with Gasteiger partial charge in [-0.3, -0.25) is 4.40 Å². The molecule has 0 spiro atoms. The minimum absolute atomic E-state index is 0.0405. The third-order valence-electron chi connectivity index (χ3n) is 5.70. The van der Waals surface area contributed by atoms with Crippen molar-refractivity contribution in [2.45, 2.75) is 75.8 Å². The number of ether oxygens (including phenoxy) is 1. The highest BCUT2D eigenvalue weighted by Gasteiger charge is 2.28. The van der Waals surface area contributed by atoms with E-state index in [2.05, 4.69) is 41.1 Å².